The van der Waals surface area contributed by atoms with Gasteiger partial charge in [0.15, 0.2) is 0 Å². The third kappa shape index (κ3) is 5.90. The molecule has 0 saturated carbocycles. The molecule has 0 aliphatic carbocycles. The standard InChI is InChI=1S/C17H26N2O.ClH/c1-4-5-6-7-11-14-19(3)16(20)17(2,18)15-12-9-8-10-13-15;/h4,8-10,12-13H,1,5-7,11,14,18H2,2-3H3;1H. The maximum atomic E-state index is 12.5. The first kappa shape index (κ1) is 19.7. The Hall–Kier alpha value is -1.32. The highest BCUT2D eigenvalue weighted by molar-refractivity contribution is 5.86. The molecule has 1 aromatic rings. The number of nitrogens with two attached hydrogens (primary N) is 1. The lowest BCUT2D eigenvalue weighted by Crippen LogP contribution is -2.49. The molecule has 1 aromatic carbocycles. The molecular formula is C17H27ClN2O. The topological polar surface area (TPSA) is 46.3 Å². The average molecular weight is 311 g/mol. The minimum absolute atomic E-state index is 0. The Morgan fingerprint density at radius 2 is 1.90 bits per heavy atom. The fourth-order valence-corrected chi connectivity index (χ4v) is 2.22. The van der Waals surface area contributed by atoms with E-state index >= 15 is 0 Å². The molecule has 1 amide bonds. The summed E-state index contributed by atoms with van der Waals surface area (Å²) in [7, 11) is 1.82. The first-order valence-electron chi connectivity index (χ1n) is 7.21. The van der Waals surface area contributed by atoms with Crippen LogP contribution < -0.4 is 5.73 Å². The van der Waals surface area contributed by atoms with Gasteiger partial charge in [-0.3, -0.25) is 4.79 Å². The minimum atomic E-state index is -0.961. The third-order valence-corrected chi connectivity index (χ3v) is 3.57. The fraction of sp³-hybridized carbons (Fsp3) is 0.471. The average Bonchev–Trinajstić information content (AvgIpc) is 2.47. The van der Waals surface area contributed by atoms with Crippen LogP contribution >= 0.6 is 12.4 Å². The van der Waals surface area contributed by atoms with Gasteiger partial charge >= 0.3 is 0 Å². The van der Waals surface area contributed by atoms with Gasteiger partial charge in [-0.1, -0.05) is 42.8 Å². The maximum absolute atomic E-state index is 12.5. The van der Waals surface area contributed by atoms with E-state index in [4.69, 9.17) is 5.73 Å². The van der Waals surface area contributed by atoms with Crippen LogP contribution in [0.25, 0.3) is 0 Å². The summed E-state index contributed by atoms with van der Waals surface area (Å²) in [5.41, 5.74) is 6.12. The van der Waals surface area contributed by atoms with Gasteiger partial charge < -0.3 is 10.6 Å². The van der Waals surface area contributed by atoms with Crippen LogP contribution in [0.15, 0.2) is 43.0 Å². The van der Waals surface area contributed by atoms with E-state index in [0.717, 1.165) is 37.8 Å². The van der Waals surface area contributed by atoms with Gasteiger partial charge in [0.1, 0.15) is 5.54 Å². The van der Waals surface area contributed by atoms with Gasteiger partial charge in [-0.25, -0.2) is 0 Å². The predicted octanol–water partition coefficient (Wildman–Crippen LogP) is 3.49. The minimum Gasteiger partial charge on any atom is -0.344 e. The number of hydrogen-bond acceptors (Lipinski definition) is 2. The number of rotatable bonds is 8. The molecule has 0 fully saturated rings. The second kappa shape index (κ2) is 9.59. The van der Waals surface area contributed by atoms with Crippen molar-refractivity contribution in [3.63, 3.8) is 0 Å². The number of amides is 1. The van der Waals surface area contributed by atoms with Gasteiger partial charge in [0.25, 0.3) is 0 Å². The lowest BCUT2D eigenvalue weighted by Gasteiger charge is -2.29. The van der Waals surface area contributed by atoms with Crippen molar-refractivity contribution in [2.45, 2.75) is 38.1 Å². The summed E-state index contributed by atoms with van der Waals surface area (Å²) in [6, 6.07) is 9.53. The predicted molar refractivity (Wildman–Crippen MR) is 91.5 cm³/mol. The maximum Gasteiger partial charge on any atom is 0.246 e. The van der Waals surface area contributed by atoms with Crippen LogP contribution in [0, 0.1) is 0 Å². The molecule has 0 aromatic heterocycles. The molecule has 0 heterocycles. The van der Waals surface area contributed by atoms with Crippen LogP contribution in [-0.2, 0) is 10.3 Å². The monoisotopic (exact) mass is 310 g/mol. The van der Waals surface area contributed by atoms with E-state index in [1.54, 1.807) is 11.8 Å². The number of carbonyl (C=O) groups excluding carboxylic acids is 1. The first-order chi connectivity index (χ1) is 9.50. The van der Waals surface area contributed by atoms with Crippen molar-refractivity contribution < 1.29 is 4.79 Å². The van der Waals surface area contributed by atoms with Gasteiger partial charge in [-0.2, -0.15) is 0 Å². The fourth-order valence-electron chi connectivity index (χ4n) is 2.22. The summed E-state index contributed by atoms with van der Waals surface area (Å²) < 4.78 is 0. The molecule has 21 heavy (non-hydrogen) atoms. The zero-order valence-electron chi connectivity index (χ0n) is 13.0. The van der Waals surface area contributed by atoms with E-state index in [-0.39, 0.29) is 18.3 Å². The molecule has 1 rings (SSSR count). The van der Waals surface area contributed by atoms with E-state index < -0.39 is 5.54 Å². The van der Waals surface area contributed by atoms with Crippen LogP contribution in [0.4, 0.5) is 0 Å². The molecule has 0 bridgehead atoms. The highest BCUT2D eigenvalue weighted by Gasteiger charge is 2.32. The van der Waals surface area contributed by atoms with Crippen LogP contribution in [0.2, 0.25) is 0 Å². The normalized spacial score (nSPS) is 12.9. The molecule has 4 heteroatoms. The second-order valence-corrected chi connectivity index (χ2v) is 5.43. The number of unbranched alkanes of at least 4 members (excludes halogenated alkanes) is 3. The molecule has 0 aliphatic rings. The Morgan fingerprint density at radius 1 is 1.29 bits per heavy atom. The highest BCUT2D eigenvalue weighted by Crippen LogP contribution is 2.20. The molecule has 1 unspecified atom stereocenters. The van der Waals surface area contributed by atoms with Gasteiger partial charge in [0.05, 0.1) is 0 Å². The number of benzene rings is 1. The molecular weight excluding hydrogens is 284 g/mol. The first-order valence-corrected chi connectivity index (χ1v) is 7.21. The van der Waals surface area contributed by atoms with Gasteiger partial charge in [0, 0.05) is 13.6 Å². The second-order valence-electron chi connectivity index (χ2n) is 5.43. The van der Waals surface area contributed by atoms with E-state index in [2.05, 4.69) is 6.58 Å². The van der Waals surface area contributed by atoms with E-state index in [1.807, 2.05) is 43.5 Å². The number of hydrogen-bond donors (Lipinski definition) is 1. The number of nitrogens with zero attached hydrogens (tertiary/aromatic N) is 1. The van der Waals surface area contributed by atoms with Crippen molar-refractivity contribution in [3.8, 4) is 0 Å². The Balaban J connectivity index is 0.00000400. The van der Waals surface area contributed by atoms with Crippen molar-refractivity contribution >= 4 is 18.3 Å². The summed E-state index contributed by atoms with van der Waals surface area (Å²) >= 11 is 0. The van der Waals surface area contributed by atoms with Crippen LogP contribution in [0.5, 0.6) is 0 Å². The van der Waals surface area contributed by atoms with E-state index in [1.165, 1.54) is 0 Å². The van der Waals surface area contributed by atoms with Crippen molar-refractivity contribution in [3.05, 3.63) is 48.6 Å². The van der Waals surface area contributed by atoms with E-state index in [0.29, 0.717) is 0 Å². The summed E-state index contributed by atoms with van der Waals surface area (Å²) in [6.07, 6.45) is 6.21. The van der Waals surface area contributed by atoms with Gasteiger partial charge in [0.2, 0.25) is 5.91 Å². The van der Waals surface area contributed by atoms with Gasteiger partial charge in [-0.15, -0.1) is 19.0 Å². The summed E-state index contributed by atoms with van der Waals surface area (Å²) in [5, 5.41) is 0. The smallest absolute Gasteiger partial charge is 0.246 e. The highest BCUT2D eigenvalue weighted by atomic mass is 35.5. The number of carbonyl (C=O) groups is 1. The number of halogens is 1. The Labute approximate surface area is 134 Å². The molecule has 0 radical (unpaired) electrons. The van der Waals surface area contributed by atoms with E-state index in [9.17, 15) is 4.79 Å². The molecule has 2 N–H and O–H groups in total. The van der Waals surface area contributed by atoms with Crippen molar-refractivity contribution in [1.29, 1.82) is 0 Å². The number of likely N-dealkylation sites (N-methyl/N-ethyl adjacent to an activating group) is 1. The molecule has 0 aliphatic heterocycles. The molecule has 118 valence electrons. The van der Waals surface area contributed by atoms with Crippen LogP contribution in [0.1, 0.15) is 38.2 Å². The Morgan fingerprint density at radius 3 is 2.48 bits per heavy atom. The lowest BCUT2D eigenvalue weighted by atomic mass is 9.91. The molecule has 1 atom stereocenters. The quantitative estimate of drug-likeness (QED) is 0.590. The van der Waals surface area contributed by atoms with Crippen LogP contribution in [-0.4, -0.2) is 24.4 Å². The van der Waals surface area contributed by atoms with Crippen LogP contribution in [0.3, 0.4) is 0 Å². The lowest BCUT2D eigenvalue weighted by molar-refractivity contribution is -0.135. The zero-order chi connectivity index (χ0) is 15.0. The van der Waals surface area contributed by atoms with Crippen molar-refractivity contribution in [1.82, 2.24) is 4.90 Å². The summed E-state index contributed by atoms with van der Waals surface area (Å²) in [5.74, 6) is -0.0348. The molecule has 0 saturated heterocycles. The van der Waals surface area contributed by atoms with Crippen molar-refractivity contribution in [2.75, 3.05) is 13.6 Å². The Kier molecular flexibility index (Phi) is 8.98. The zero-order valence-corrected chi connectivity index (χ0v) is 13.9. The number of allylic oxidation sites excluding steroid dienone is 1. The summed E-state index contributed by atoms with van der Waals surface area (Å²) in [6.45, 7) is 6.23. The summed E-state index contributed by atoms with van der Waals surface area (Å²) in [4.78, 5) is 14.2. The van der Waals surface area contributed by atoms with Gasteiger partial charge in [-0.05, 0) is 31.7 Å². The Bertz CT molecular complexity index is 432. The SMILES string of the molecule is C=CCCCCCN(C)C(=O)C(C)(N)c1ccccc1.Cl. The largest absolute Gasteiger partial charge is 0.344 e. The molecule has 3 nitrogen and oxygen atoms in total. The van der Waals surface area contributed by atoms with Crippen molar-refractivity contribution in [2.24, 2.45) is 5.73 Å². The molecule has 0 spiro atoms. The third-order valence-electron chi connectivity index (χ3n) is 3.57.